The second kappa shape index (κ2) is 7.50. The van der Waals surface area contributed by atoms with Gasteiger partial charge >= 0.3 is 6.18 Å². The first kappa shape index (κ1) is 17.3. The molecule has 1 N–H and O–H groups in total. The maximum atomic E-state index is 12.9. The summed E-state index contributed by atoms with van der Waals surface area (Å²) in [7, 11) is 1.59. The van der Waals surface area contributed by atoms with Crippen molar-refractivity contribution in [2.24, 2.45) is 0 Å². The number of rotatable bonds is 7. The van der Waals surface area contributed by atoms with E-state index >= 15 is 0 Å². The number of benzene rings is 1. The predicted molar refractivity (Wildman–Crippen MR) is 79.3 cm³/mol. The number of methoxy groups -OCH3 is 1. The van der Waals surface area contributed by atoms with Crippen molar-refractivity contribution in [3.05, 3.63) is 47.3 Å². The molecule has 0 aliphatic heterocycles. The fourth-order valence-corrected chi connectivity index (χ4v) is 2.46. The molecule has 4 nitrogen and oxygen atoms in total. The van der Waals surface area contributed by atoms with Crippen molar-refractivity contribution in [2.45, 2.75) is 32.0 Å². The second-order valence-corrected chi connectivity index (χ2v) is 5.15. The summed E-state index contributed by atoms with van der Waals surface area (Å²) >= 11 is 0. The number of aromatic nitrogens is 2. The van der Waals surface area contributed by atoms with Gasteiger partial charge in [-0.15, -0.1) is 0 Å². The summed E-state index contributed by atoms with van der Waals surface area (Å²) in [6, 6.07) is 7.55. The third-order valence-corrected chi connectivity index (χ3v) is 3.51. The summed E-state index contributed by atoms with van der Waals surface area (Å²) in [5, 5.41) is 12.5. The van der Waals surface area contributed by atoms with Gasteiger partial charge in [-0.3, -0.25) is 4.68 Å². The van der Waals surface area contributed by atoms with Gasteiger partial charge < -0.3 is 9.84 Å². The molecule has 0 fully saturated rings. The Hall–Kier alpha value is -2.02. The van der Waals surface area contributed by atoms with Crippen molar-refractivity contribution in [1.29, 1.82) is 0 Å². The molecule has 0 spiro atoms. The van der Waals surface area contributed by atoms with Crippen LogP contribution >= 0.6 is 0 Å². The molecule has 1 aromatic carbocycles. The quantitative estimate of drug-likeness (QED) is 0.850. The molecule has 0 saturated carbocycles. The molecule has 126 valence electrons. The predicted octanol–water partition coefficient (Wildman–Crippen LogP) is 3.08. The first-order chi connectivity index (χ1) is 11.0. The van der Waals surface area contributed by atoms with Crippen LogP contribution in [0, 0.1) is 0 Å². The summed E-state index contributed by atoms with van der Waals surface area (Å²) < 4.78 is 45.2. The summed E-state index contributed by atoms with van der Waals surface area (Å²) in [6.07, 6.45) is -1.88. The van der Waals surface area contributed by atoms with Gasteiger partial charge in [0.1, 0.15) is 5.75 Å². The maximum Gasteiger partial charge on any atom is 0.435 e. The van der Waals surface area contributed by atoms with E-state index < -0.39 is 11.9 Å². The minimum atomic E-state index is -4.50. The molecular formula is C16H19F3N2O2. The van der Waals surface area contributed by atoms with E-state index in [0.717, 1.165) is 11.3 Å². The molecule has 0 unspecified atom stereocenters. The molecular weight excluding hydrogens is 309 g/mol. The Kier molecular flexibility index (Phi) is 5.65. The fraction of sp³-hybridized carbons (Fsp3) is 0.438. The number of alkyl halides is 3. The van der Waals surface area contributed by atoms with Gasteiger partial charge in [0.15, 0.2) is 5.69 Å². The van der Waals surface area contributed by atoms with Crippen molar-refractivity contribution in [3.63, 3.8) is 0 Å². The van der Waals surface area contributed by atoms with E-state index in [2.05, 4.69) is 5.10 Å². The summed E-state index contributed by atoms with van der Waals surface area (Å²) in [6.45, 7) is 0.0303. The number of halogens is 3. The lowest BCUT2D eigenvalue weighted by Gasteiger charge is -2.08. The van der Waals surface area contributed by atoms with Crippen LogP contribution in [0.5, 0.6) is 5.75 Å². The summed E-state index contributed by atoms with van der Waals surface area (Å²) in [4.78, 5) is 0. The fourth-order valence-electron chi connectivity index (χ4n) is 2.46. The number of aliphatic hydroxyl groups excluding tert-OH is 1. The number of nitrogens with zero attached hydrogens (tertiary/aromatic N) is 2. The van der Waals surface area contributed by atoms with Gasteiger partial charge in [0, 0.05) is 24.9 Å². The molecule has 0 amide bonds. The second-order valence-electron chi connectivity index (χ2n) is 5.15. The van der Waals surface area contributed by atoms with Crippen molar-refractivity contribution in [2.75, 3.05) is 13.7 Å². The molecule has 23 heavy (non-hydrogen) atoms. The largest absolute Gasteiger partial charge is 0.496 e. The highest BCUT2D eigenvalue weighted by Gasteiger charge is 2.36. The molecule has 0 atom stereocenters. The average Bonchev–Trinajstić information content (AvgIpc) is 2.91. The maximum absolute atomic E-state index is 12.9. The van der Waals surface area contributed by atoms with E-state index in [4.69, 9.17) is 9.84 Å². The van der Waals surface area contributed by atoms with E-state index in [-0.39, 0.29) is 18.6 Å². The Morgan fingerprint density at radius 3 is 2.57 bits per heavy atom. The van der Waals surface area contributed by atoms with Gasteiger partial charge in [0.25, 0.3) is 0 Å². The highest BCUT2D eigenvalue weighted by atomic mass is 19.4. The molecule has 0 aliphatic carbocycles. The molecule has 0 radical (unpaired) electrons. The normalized spacial score (nSPS) is 11.7. The van der Waals surface area contributed by atoms with Crippen LogP contribution in [0.4, 0.5) is 13.2 Å². The van der Waals surface area contributed by atoms with Crippen LogP contribution in [0.15, 0.2) is 30.5 Å². The standard InChI is InChI=1S/C16H19F3N2O2/c1-23-14-7-3-2-5-12(14)6-4-9-21-11-13(8-10-22)15(20-21)16(17,18)19/h2-3,5,7,11,22H,4,6,8-10H2,1H3. The van der Waals surface area contributed by atoms with Gasteiger partial charge in [-0.1, -0.05) is 18.2 Å². The number of aryl methyl sites for hydroxylation is 2. The zero-order valence-electron chi connectivity index (χ0n) is 12.8. The van der Waals surface area contributed by atoms with E-state index in [1.165, 1.54) is 10.9 Å². The summed E-state index contributed by atoms with van der Waals surface area (Å²) in [5.41, 5.74) is 0.120. The SMILES string of the molecule is COc1ccccc1CCCn1cc(CCO)c(C(F)(F)F)n1. The number of para-hydroxylation sites is 1. The molecule has 0 saturated heterocycles. The third-order valence-electron chi connectivity index (χ3n) is 3.51. The van der Waals surface area contributed by atoms with Gasteiger partial charge in [-0.05, 0) is 30.9 Å². The van der Waals surface area contributed by atoms with Crippen LogP contribution in [0.2, 0.25) is 0 Å². The molecule has 0 bridgehead atoms. The third kappa shape index (κ3) is 4.48. The van der Waals surface area contributed by atoms with E-state index in [1.54, 1.807) is 7.11 Å². The molecule has 0 aliphatic rings. The number of hydrogen-bond donors (Lipinski definition) is 1. The lowest BCUT2D eigenvalue weighted by molar-refractivity contribution is -0.142. The Labute approximate surface area is 132 Å². The van der Waals surface area contributed by atoms with Crippen LogP contribution in [0.1, 0.15) is 23.2 Å². The highest BCUT2D eigenvalue weighted by molar-refractivity contribution is 5.33. The molecule has 1 heterocycles. The average molecular weight is 328 g/mol. The Morgan fingerprint density at radius 2 is 1.91 bits per heavy atom. The first-order valence-corrected chi connectivity index (χ1v) is 7.32. The first-order valence-electron chi connectivity index (χ1n) is 7.32. The van der Waals surface area contributed by atoms with Gasteiger partial charge in [-0.2, -0.15) is 18.3 Å². The van der Waals surface area contributed by atoms with Crippen molar-refractivity contribution < 1.29 is 23.0 Å². The Bertz CT molecular complexity index is 638. The van der Waals surface area contributed by atoms with Gasteiger partial charge in [0.2, 0.25) is 0 Å². The zero-order chi connectivity index (χ0) is 16.9. The summed E-state index contributed by atoms with van der Waals surface area (Å²) in [5.74, 6) is 0.768. The highest BCUT2D eigenvalue weighted by Crippen LogP contribution is 2.31. The number of ether oxygens (including phenoxy) is 1. The minimum Gasteiger partial charge on any atom is -0.496 e. The van der Waals surface area contributed by atoms with Gasteiger partial charge in [-0.25, -0.2) is 0 Å². The molecule has 2 rings (SSSR count). The lowest BCUT2D eigenvalue weighted by Crippen LogP contribution is -2.11. The zero-order valence-corrected chi connectivity index (χ0v) is 12.8. The van der Waals surface area contributed by atoms with Crippen LogP contribution in [0.25, 0.3) is 0 Å². The van der Waals surface area contributed by atoms with Crippen LogP contribution in [-0.4, -0.2) is 28.6 Å². The smallest absolute Gasteiger partial charge is 0.435 e. The van der Waals surface area contributed by atoms with E-state index in [0.29, 0.717) is 19.4 Å². The Morgan fingerprint density at radius 1 is 1.17 bits per heavy atom. The number of hydrogen-bond acceptors (Lipinski definition) is 3. The topological polar surface area (TPSA) is 47.3 Å². The van der Waals surface area contributed by atoms with Crippen LogP contribution < -0.4 is 4.74 Å². The Balaban J connectivity index is 2.03. The van der Waals surface area contributed by atoms with Crippen LogP contribution in [-0.2, 0) is 25.6 Å². The van der Waals surface area contributed by atoms with Crippen LogP contribution in [0.3, 0.4) is 0 Å². The molecule has 2 aromatic rings. The lowest BCUT2D eigenvalue weighted by atomic mass is 10.1. The monoisotopic (exact) mass is 328 g/mol. The minimum absolute atomic E-state index is 0.0253. The number of aliphatic hydroxyl groups is 1. The van der Waals surface area contributed by atoms with E-state index in [1.807, 2.05) is 24.3 Å². The van der Waals surface area contributed by atoms with Gasteiger partial charge in [0.05, 0.1) is 7.11 Å². The molecule has 1 aromatic heterocycles. The van der Waals surface area contributed by atoms with Crippen molar-refractivity contribution >= 4 is 0 Å². The van der Waals surface area contributed by atoms with E-state index in [9.17, 15) is 13.2 Å². The van der Waals surface area contributed by atoms with Crippen molar-refractivity contribution in [1.82, 2.24) is 9.78 Å². The van der Waals surface area contributed by atoms with Crippen molar-refractivity contribution in [3.8, 4) is 5.75 Å². The molecule has 7 heteroatoms.